The standard InChI is InChI=1S/C18H25BrFN/c1-2-7-21-12-18(10-13-3-5-15(18)8-13)11-14-4-6-16(19)9-17(14)20/h4,6,9,13,15,21H,2-3,5,7-8,10-12H2,1H3. The van der Waals surface area contributed by atoms with Crippen LogP contribution in [0.2, 0.25) is 0 Å². The van der Waals surface area contributed by atoms with E-state index in [1.54, 1.807) is 6.07 Å². The van der Waals surface area contributed by atoms with E-state index < -0.39 is 0 Å². The van der Waals surface area contributed by atoms with Crippen LogP contribution in [0.4, 0.5) is 4.39 Å². The van der Waals surface area contributed by atoms with Gasteiger partial charge in [-0.3, -0.25) is 0 Å². The van der Waals surface area contributed by atoms with Gasteiger partial charge < -0.3 is 5.32 Å². The molecule has 2 aliphatic rings. The topological polar surface area (TPSA) is 12.0 Å². The largest absolute Gasteiger partial charge is 0.316 e. The third kappa shape index (κ3) is 3.19. The molecular weight excluding hydrogens is 329 g/mol. The molecule has 0 aliphatic heterocycles. The van der Waals surface area contributed by atoms with Crippen molar-refractivity contribution in [3.8, 4) is 0 Å². The van der Waals surface area contributed by atoms with E-state index in [4.69, 9.17) is 0 Å². The fourth-order valence-corrected chi connectivity index (χ4v) is 4.95. The SMILES string of the molecule is CCCNCC1(Cc2ccc(Br)cc2F)CC2CCC1C2. The third-order valence-electron chi connectivity index (χ3n) is 5.56. The van der Waals surface area contributed by atoms with Gasteiger partial charge in [0, 0.05) is 11.0 Å². The number of halogens is 2. The summed E-state index contributed by atoms with van der Waals surface area (Å²) in [6, 6.07) is 5.54. The molecule has 21 heavy (non-hydrogen) atoms. The lowest BCUT2D eigenvalue weighted by atomic mass is 9.69. The van der Waals surface area contributed by atoms with Gasteiger partial charge in [0.15, 0.2) is 0 Å². The van der Waals surface area contributed by atoms with E-state index in [0.29, 0.717) is 0 Å². The minimum atomic E-state index is -0.0537. The van der Waals surface area contributed by atoms with Crippen LogP contribution in [-0.2, 0) is 6.42 Å². The molecule has 3 rings (SSSR count). The Kier molecular flexibility index (Phi) is 4.70. The van der Waals surface area contributed by atoms with Gasteiger partial charge in [0.1, 0.15) is 5.82 Å². The second kappa shape index (κ2) is 6.37. The van der Waals surface area contributed by atoms with E-state index in [1.165, 1.54) is 25.7 Å². The minimum Gasteiger partial charge on any atom is -0.316 e. The number of hydrogen-bond donors (Lipinski definition) is 1. The molecule has 1 N–H and O–H groups in total. The van der Waals surface area contributed by atoms with Gasteiger partial charge in [-0.2, -0.15) is 0 Å². The van der Waals surface area contributed by atoms with Crippen molar-refractivity contribution >= 4 is 15.9 Å². The first-order chi connectivity index (χ1) is 10.1. The molecule has 2 aliphatic carbocycles. The molecule has 3 unspecified atom stereocenters. The monoisotopic (exact) mass is 353 g/mol. The molecular formula is C18H25BrFN. The van der Waals surface area contributed by atoms with E-state index in [9.17, 15) is 4.39 Å². The summed E-state index contributed by atoms with van der Waals surface area (Å²) in [5.41, 5.74) is 1.18. The van der Waals surface area contributed by atoms with Crippen molar-refractivity contribution in [2.75, 3.05) is 13.1 Å². The van der Waals surface area contributed by atoms with Gasteiger partial charge in [-0.25, -0.2) is 4.39 Å². The normalized spacial score (nSPS) is 31.0. The molecule has 1 aromatic carbocycles. The predicted octanol–water partition coefficient (Wildman–Crippen LogP) is 4.94. The Hall–Kier alpha value is -0.410. The highest BCUT2D eigenvalue weighted by molar-refractivity contribution is 9.10. The van der Waals surface area contributed by atoms with Crippen molar-refractivity contribution in [1.29, 1.82) is 0 Å². The summed E-state index contributed by atoms with van der Waals surface area (Å²) in [4.78, 5) is 0. The second-order valence-corrected chi connectivity index (χ2v) is 7.95. The van der Waals surface area contributed by atoms with Crippen LogP contribution in [0.1, 0.15) is 44.6 Å². The van der Waals surface area contributed by atoms with Crippen LogP contribution in [0.3, 0.4) is 0 Å². The number of rotatable bonds is 6. The van der Waals surface area contributed by atoms with Crippen molar-refractivity contribution in [1.82, 2.24) is 5.32 Å². The Morgan fingerprint density at radius 1 is 1.38 bits per heavy atom. The summed E-state index contributed by atoms with van der Waals surface area (Å²) in [5.74, 6) is 1.62. The Morgan fingerprint density at radius 2 is 2.24 bits per heavy atom. The number of fused-ring (bicyclic) bond motifs is 2. The van der Waals surface area contributed by atoms with Crippen LogP contribution in [0.25, 0.3) is 0 Å². The predicted molar refractivity (Wildman–Crippen MR) is 88.8 cm³/mol. The first-order valence-corrected chi connectivity index (χ1v) is 9.07. The lowest BCUT2D eigenvalue weighted by molar-refractivity contribution is 0.155. The van der Waals surface area contributed by atoms with Crippen molar-refractivity contribution in [2.45, 2.75) is 45.4 Å². The van der Waals surface area contributed by atoms with Crippen molar-refractivity contribution in [2.24, 2.45) is 17.3 Å². The van der Waals surface area contributed by atoms with Gasteiger partial charge in [0.25, 0.3) is 0 Å². The molecule has 2 fully saturated rings. The highest BCUT2D eigenvalue weighted by Gasteiger charge is 2.50. The number of benzene rings is 1. The van der Waals surface area contributed by atoms with E-state index in [1.807, 2.05) is 12.1 Å². The molecule has 116 valence electrons. The zero-order chi connectivity index (χ0) is 14.9. The second-order valence-electron chi connectivity index (χ2n) is 7.03. The zero-order valence-corrected chi connectivity index (χ0v) is 14.4. The average Bonchev–Trinajstić information content (AvgIpc) is 3.03. The van der Waals surface area contributed by atoms with E-state index in [2.05, 4.69) is 28.2 Å². The van der Waals surface area contributed by atoms with Gasteiger partial charge in [-0.1, -0.05) is 35.3 Å². The Bertz CT molecular complexity index is 504. The van der Waals surface area contributed by atoms with E-state index in [-0.39, 0.29) is 11.2 Å². The Morgan fingerprint density at radius 3 is 2.86 bits per heavy atom. The molecule has 0 amide bonds. The molecule has 2 bridgehead atoms. The fourth-order valence-electron chi connectivity index (χ4n) is 4.61. The molecule has 3 heteroatoms. The maximum Gasteiger partial charge on any atom is 0.127 e. The van der Waals surface area contributed by atoms with Crippen molar-refractivity contribution in [3.05, 3.63) is 34.1 Å². The van der Waals surface area contributed by atoms with Crippen LogP contribution in [0.15, 0.2) is 22.7 Å². The van der Waals surface area contributed by atoms with Crippen molar-refractivity contribution in [3.63, 3.8) is 0 Å². The molecule has 0 radical (unpaired) electrons. The molecule has 0 spiro atoms. The fraction of sp³-hybridized carbons (Fsp3) is 0.667. The first-order valence-electron chi connectivity index (χ1n) is 8.27. The van der Waals surface area contributed by atoms with Gasteiger partial charge in [0.05, 0.1) is 0 Å². The smallest absolute Gasteiger partial charge is 0.127 e. The van der Waals surface area contributed by atoms with Gasteiger partial charge >= 0.3 is 0 Å². The van der Waals surface area contributed by atoms with Crippen LogP contribution in [-0.4, -0.2) is 13.1 Å². The number of nitrogens with one attached hydrogen (secondary N) is 1. The zero-order valence-electron chi connectivity index (χ0n) is 12.8. The Balaban J connectivity index is 1.79. The summed E-state index contributed by atoms with van der Waals surface area (Å²) >= 11 is 3.35. The Labute approximate surface area is 135 Å². The van der Waals surface area contributed by atoms with Crippen LogP contribution < -0.4 is 5.32 Å². The summed E-state index contributed by atoms with van der Waals surface area (Å²) < 4.78 is 15.1. The van der Waals surface area contributed by atoms with Gasteiger partial charge in [-0.15, -0.1) is 0 Å². The first kappa shape index (κ1) is 15.5. The summed E-state index contributed by atoms with van der Waals surface area (Å²) in [6.45, 7) is 4.33. The van der Waals surface area contributed by atoms with E-state index in [0.717, 1.165) is 47.8 Å². The molecule has 0 saturated heterocycles. The highest BCUT2D eigenvalue weighted by Crippen LogP contribution is 2.57. The molecule has 2 saturated carbocycles. The minimum absolute atomic E-state index is 0.0537. The molecule has 0 aromatic heterocycles. The van der Waals surface area contributed by atoms with Gasteiger partial charge in [0.2, 0.25) is 0 Å². The lowest BCUT2D eigenvalue weighted by Crippen LogP contribution is -2.41. The molecule has 1 nitrogen and oxygen atoms in total. The molecule has 0 heterocycles. The van der Waals surface area contributed by atoms with Gasteiger partial charge in [-0.05, 0) is 73.6 Å². The van der Waals surface area contributed by atoms with Crippen molar-refractivity contribution < 1.29 is 4.39 Å². The highest BCUT2D eigenvalue weighted by atomic mass is 79.9. The average molecular weight is 354 g/mol. The summed E-state index contributed by atoms with van der Waals surface area (Å²) in [6.07, 6.45) is 7.44. The maximum atomic E-state index is 14.3. The van der Waals surface area contributed by atoms with Crippen LogP contribution in [0.5, 0.6) is 0 Å². The molecule has 1 aromatic rings. The van der Waals surface area contributed by atoms with E-state index >= 15 is 0 Å². The lowest BCUT2D eigenvalue weighted by Gasteiger charge is -2.38. The summed E-state index contributed by atoms with van der Waals surface area (Å²) in [7, 11) is 0. The third-order valence-corrected chi connectivity index (χ3v) is 6.06. The van der Waals surface area contributed by atoms with Crippen LogP contribution in [0, 0.1) is 23.1 Å². The van der Waals surface area contributed by atoms with Crippen LogP contribution >= 0.6 is 15.9 Å². The maximum absolute atomic E-state index is 14.3. The quantitative estimate of drug-likeness (QED) is 0.714. The number of hydrogen-bond acceptors (Lipinski definition) is 1. The summed E-state index contributed by atoms with van der Waals surface area (Å²) in [5, 5.41) is 3.62. The molecule has 3 atom stereocenters.